The van der Waals surface area contributed by atoms with Crippen molar-refractivity contribution in [3.8, 4) is 0 Å². The van der Waals surface area contributed by atoms with Crippen LogP contribution in [0.5, 0.6) is 0 Å². The maximum Gasteiger partial charge on any atom is 0.221 e. The van der Waals surface area contributed by atoms with Gasteiger partial charge in [-0.05, 0) is 31.9 Å². The summed E-state index contributed by atoms with van der Waals surface area (Å²) < 4.78 is 5.62. The highest BCUT2D eigenvalue weighted by Gasteiger charge is 2.18. The zero-order valence-electron chi connectivity index (χ0n) is 12.1. The number of benzene rings is 1. The monoisotopic (exact) mass is 276 g/mol. The molecule has 110 valence electrons. The Morgan fingerprint density at radius 1 is 1.45 bits per heavy atom. The highest BCUT2D eigenvalue weighted by molar-refractivity contribution is 5.76. The second kappa shape index (κ2) is 8.02. The summed E-state index contributed by atoms with van der Waals surface area (Å²) >= 11 is 0. The predicted molar refractivity (Wildman–Crippen MR) is 79.3 cm³/mol. The lowest BCUT2D eigenvalue weighted by Crippen LogP contribution is -2.39. The van der Waals surface area contributed by atoms with Crippen molar-refractivity contribution >= 4 is 5.91 Å². The van der Waals surface area contributed by atoms with Gasteiger partial charge in [0.05, 0.1) is 13.2 Å². The zero-order valence-corrected chi connectivity index (χ0v) is 12.1. The van der Waals surface area contributed by atoms with Gasteiger partial charge in [-0.3, -0.25) is 4.79 Å². The van der Waals surface area contributed by atoms with E-state index < -0.39 is 0 Å². The predicted octanol–water partition coefficient (Wildman–Crippen LogP) is 1.85. The van der Waals surface area contributed by atoms with E-state index in [0.717, 1.165) is 18.5 Å². The van der Waals surface area contributed by atoms with Gasteiger partial charge in [-0.1, -0.05) is 30.3 Å². The summed E-state index contributed by atoms with van der Waals surface area (Å²) in [6.07, 6.45) is 2.85. The standard InChI is InChI=1S/C16H24N2O2/c1-13(11-20-12-14-6-3-2-4-7-14)18-16(19)10-15-8-5-9-17-15/h2-4,6-7,13,15,17H,5,8-12H2,1H3,(H,18,19). The molecule has 0 aromatic heterocycles. The van der Waals surface area contributed by atoms with E-state index in [0.29, 0.717) is 25.7 Å². The van der Waals surface area contributed by atoms with Gasteiger partial charge in [0, 0.05) is 18.5 Å². The third-order valence-corrected chi connectivity index (χ3v) is 3.48. The summed E-state index contributed by atoms with van der Waals surface area (Å²) in [5, 5.41) is 6.32. The van der Waals surface area contributed by atoms with E-state index in [9.17, 15) is 4.79 Å². The van der Waals surface area contributed by atoms with Crippen molar-refractivity contribution in [2.45, 2.75) is 44.9 Å². The number of carbonyl (C=O) groups excluding carboxylic acids is 1. The van der Waals surface area contributed by atoms with Gasteiger partial charge < -0.3 is 15.4 Å². The molecule has 20 heavy (non-hydrogen) atoms. The third kappa shape index (κ3) is 5.31. The Labute approximate surface area is 120 Å². The summed E-state index contributed by atoms with van der Waals surface area (Å²) in [6, 6.07) is 10.5. The van der Waals surface area contributed by atoms with E-state index >= 15 is 0 Å². The molecule has 0 bridgehead atoms. The third-order valence-electron chi connectivity index (χ3n) is 3.48. The Morgan fingerprint density at radius 3 is 2.95 bits per heavy atom. The topological polar surface area (TPSA) is 50.4 Å². The quantitative estimate of drug-likeness (QED) is 0.799. The van der Waals surface area contributed by atoms with Gasteiger partial charge >= 0.3 is 0 Å². The molecule has 0 saturated carbocycles. The zero-order chi connectivity index (χ0) is 14.2. The lowest BCUT2D eigenvalue weighted by atomic mass is 10.1. The molecule has 1 heterocycles. The summed E-state index contributed by atoms with van der Waals surface area (Å²) in [6.45, 7) is 4.14. The van der Waals surface area contributed by atoms with Crippen LogP contribution in [-0.2, 0) is 16.1 Å². The average molecular weight is 276 g/mol. The number of rotatable bonds is 7. The number of nitrogens with one attached hydrogen (secondary N) is 2. The lowest BCUT2D eigenvalue weighted by molar-refractivity contribution is -0.122. The second-order valence-corrected chi connectivity index (χ2v) is 5.47. The van der Waals surface area contributed by atoms with Crippen LogP contribution in [0, 0.1) is 0 Å². The van der Waals surface area contributed by atoms with Crippen LogP contribution in [0.2, 0.25) is 0 Å². The summed E-state index contributed by atoms with van der Waals surface area (Å²) in [4.78, 5) is 11.8. The molecule has 2 unspecified atom stereocenters. The van der Waals surface area contributed by atoms with Crippen LogP contribution in [0.15, 0.2) is 30.3 Å². The van der Waals surface area contributed by atoms with Gasteiger partial charge in [0.25, 0.3) is 0 Å². The van der Waals surface area contributed by atoms with Crippen molar-refractivity contribution in [1.29, 1.82) is 0 Å². The van der Waals surface area contributed by atoms with E-state index in [1.54, 1.807) is 0 Å². The molecule has 2 rings (SSSR count). The van der Waals surface area contributed by atoms with Crippen molar-refractivity contribution in [2.75, 3.05) is 13.2 Å². The second-order valence-electron chi connectivity index (χ2n) is 5.47. The van der Waals surface area contributed by atoms with Gasteiger partial charge in [0.2, 0.25) is 5.91 Å². The molecular weight excluding hydrogens is 252 g/mol. The number of hydrogen-bond donors (Lipinski definition) is 2. The molecule has 1 aliphatic rings. The van der Waals surface area contributed by atoms with Crippen LogP contribution < -0.4 is 10.6 Å². The maximum atomic E-state index is 11.8. The van der Waals surface area contributed by atoms with E-state index in [1.807, 2.05) is 37.3 Å². The largest absolute Gasteiger partial charge is 0.375 e. The van der Waals surface area contributed by atoms with Gasteiger partial charge in [-0.2, -0.15) is 0 Å². The maximum absolute atomic E-state index is 11.8. The molecule has 1 aliphatic heterocycles. The van der Waals surface area contributed by atoms with Gasteiger partial charge in [-0.15, -0.1) is 0 Å². The van der Waals surface area contributed by atoms with Crippen molar-refractivity contribution < 1.29 is 9.53 Å². The fraction of sp³-hybridized carbons (Fsp3) is 0.562. The molecular formula is C16H24N2O2. The highest BCUT2D eigenvalue weighted by Crippen LogP contribution is 2.08. The summed E-state index contributed by atoms with van der Waals surface area (Å²) in [5.74, 6) is 0.111. The van der Waals surface area contributed by atoms with Crippen LogP contribution in [0.3, 0.4) is 0 Å². The first-order valence-corrected chi connectivity index (χ1v) is 7.38. The van der Waals surface area contributed by atoms with Crippen molar-refractivity contribution in [2.24, 2.45) is 0 Å². The van der Waals surface area contributed by atoms with Crippen LogP contribution in [0.1, 0.15) is 31.7 Å². The van der Waals surface area contributed by atoms with Crippen LogP contribution in [-0.4, -0.2) is 31.1 Å². The van der Waals surface area contributed by atoms with E-state index in [1.165, 1.54) is 6.42 Å². The molecule has 0 spiro atoms. The summed E-state index contributed by atoms with van der Waals surface area (Å²) in [7, 11) is 0. The number of hydrogen-bond acceptors (Lipinski definition) is 3. The number of carbonyl (C=O) groups is 1. The van der Waals surface area contributed by atoms with Crippen molar-refractivity contribution in [3.05, 3.63) is 35.9 Å². The molecule has 0 aliphatic carbocycles. The minimum absolute atomic E-state index is 0.0487. The Hall–Kier alpha value is -1.39. The number of ether oxygens (including phenoxy) is 1. The molecule has 0 radical (unpaired) electrons. The van der Waals surface area contributed by atoms with Crippen molar-refractivity contribution in [3.63, 3.8) is 0 Å². The summed E-state index contributed by atoms with van der Waals surface area (Å²) in [5.41, 5.74) is 1.15. The Bertz CT molecular complexity index is 402. The average Bonchev–Trinajstić information content (AvgIpc) is 2.92. The molecule has 1 aromatic rings. The molecule has 4 nitrogen and oxygen atoms in total. The SMILES string of the molecule is CC(COCc1ccccc1)NC(=O)CC1CCCN1. The minimum Gasteiger partial charge on any atom is -0.375 e. The Morgan fingerprint density at radius 2 is 2.25 bits per heavy atom. The fourth-order valence-corrected chi connectivity index (χ4v) is 2.46. The van der Waals surface area contributed by atoms with Crippen LogP contribution in [0.4, 0.5) is 0 Å². The minimum atomic E-state index is 0.0487. The van der Waals surface area contributed by atoms with Gasteiger partial charge in [-0.25, -0.2) is 0 Å². The highest BCUT2D eigenvalue weighted by atomic mass is 16.5. The smallest absolute Gasteiger partial charge is 0.221 e. The molecule has 1 aromatic carbocycles. The Balaban J connectivity index is 1.59. The molecule has 2 atom stereocenters. The van der Waals surface area contributed by atoms with Crippen LogP contribution >= 0.6 is 0 Å². The molecule has 1 fully saturated rings. The normalized spacial score (nSPS) is 19.8. The van der Waals surface area contributed by atoms with E-state index in [4.69, 9.17) is 4.74 Å². The number of amides is 1. The van der Waals surface area contributed by atoms with Crippen molar-refractivity contribution in [1.82, 2.24) is 10.6 Å². The first kappa shape index (κ1) is 15.0. The Kier molecular flexibility index (Phi) is 6.02. The molecule has 4 heteroatoms. The van der Waals surface area contributed by atoms with Gasteiger partial charge in [0.1, 0.15) is 0 Å². The van der Waals surface area contributed by atoms with Gasteiger partial charge in [0.15, 0.2) is 0 Å². The first-order valence-electron chi connectivity index (χ1n) is 7.38. The molecule has 1 amide bonds. The van der Waals surface area contributed by atoms with E-state index in [-0.39, 0.29) is 11.9 Å². The first-order chi connectivity index (χ1) is 9.74. The lowest BCUT2D eigenvalue weighted by Gasteiger charge is -2.16. The van der Waals surface area contributed by atoms with E-state index in [2.05, 4.69) is 10.6 Å². The fourth-order valence-electron chi connectivity index (χ4n) is 2.46. The van der Waals surface area contributed by atoms with Crippen LogP contribution in [0.25, 0.3) is 0 Å². The molecule has 1 saturated heterocycles. The molecule has 2 N–H and O–H groups in total.